The molecule has 0 aliphatic heterocycles. The molecule has 3 aromatic rings. The van der Waals surface area contributed by atoms with E-state index >= 15 is 0 Å². The van der Waals surface area contributed by atoms with Gasteiger partial charge < -0.3 is 10.1 Å². The molecule has 0 aliphatic rings. The molecule has 0 spiro atoms. The Morgan fingerprint density at radius 3 is 2.27 bits per heavy atom. The Balaban J connectivity index is 1.39. The summed E-state index contributed by atoms with van der Waals surface area (Å²) >= 11 is 4.62. The van der Waals surface area contributed by atoms with Gasteiger partial charge in [0.15, 0.2) is 8.68 Å². The summed E-state index contributed by atoms with van der Waals surface area (Å²) in [4.78, 5) is 12.1. The normalized spacial score (nSPS) is 10.9. The Morgan fingerprint density at radius 2 is 1.63 bits per heavy atom. The van der Waals surface area contributed by atoms with Crippen LogP contribution in [0.3, 0.4) is 0 Å². The summed E-state index contributed by atoms with van der Waals surface area (Å²) in [6, 6.07) is 16.4. The van der Waals surface area contributed by atoms with E-state index in [1.54, 1.807) is 18.9 Å². The molecule has 3 rings (SSSR count). The van der Waals surface area contributed by atoms with Gasteiger partial charge in [0.1, 0.15) is 5.75 Å². The van der Waals surface area contributed by atoms with E-state index in [-0.39, 0.29) is 5.91 Å². The number of nitrogens with zero attached hydrogens (tertiary/aromatic N) is 2. The van der Waals surface area contributed by atoms with Gasteiger partial charge in [-0.1, -0.05) is 85.1 Å². The van der Waals surface area contributed by atoms with Crippen LogP contribution in [0.15, 0.2) is 57.2 Å². The largest absolute Gasteiger partial charge is 0.497 e. The smallest absolute Gasteiger partial charge is 0.230 e. The number of hydrogen-bond acceptors (Lipinski definition) is 7. The molecule has 2 aromatic carbocycles. The Hall–Kier alpha value is -2.03. The number of carbonyl (C=O) groups excluding carboxylic acids is 1. The molecule has 0 aliphatic carbocycles. The quantitative estimate of drug-likeness (QED) is 0.411. The van der Waals surface area contributed by atoms with Crippen LogP contribution in [0.1, 0.15) is 36.5 Å². The molecule has 0 bridgehead atoms. The number of thioether (sulfide) groups is 2. The summed E-state index contributed by atoms with van der Waals surface area (Å²) in [6.07, 6.45) is 0. The van der Waals surface area contributed by atoms with Gasteiger partial charge in [0.25, 0.3) is 0 Å². The van der Waals surface area contributed by atoms with E-state index in [0.717, 1.165) is 25.7 Å². The van der Waals surface area contributed by atoms with Gasteiger partial charge in [0.2, 0.25) is 5.91 Å². The Labute approximate surface area is 190 Å². The highest BCUT2D eigenvalue weighted by Gasteiger charge is 2.09. The second-order valence-electron chi connectivity index (χ2n) is 6.93. The van der Waals surface area contributed by atoms with Crippen LogP contribution in [0.4, 0.5) is 0 Å². The minimum absolute atomic E-state index is 0.0227. The molecule has 1 N–H and O–H groups in total. The second kappa shape index (κ2) is 11.4. The monoisotopic (exact) mass is 459 g/mol. The van der Waals surface area contributed by atoms with Gasteiger partial charge >= 0.3 is 0 Å². The first kappa shape index (κ1) is 22.7. The van der Waals surface area contributed by atoms with Crippen molar-refractivity contribution in [2.75, 3.05) is 12.9 Å². The van der Waals surface area contributed by atoms with E-state index < -0.39 is 0 Å². The zero-order valence-corrected chi connectivity index (χ0v) is 19.7. The molecule has 1 heterocycles. The maximum atomic E-state index is 12.1. The molecule has 0 saturated carbocycles. The molecule has 0 fully saturated rings. The van der Waals surface area contributed by atoms with Crippen LogP contribution in [0.2, 0.25) is 0 Å². The highest BCUT2D eigenvalue weighted by atomic mass is 32.2. The lowest BCUT2D eigenvalue weighted by Crippen LogP contribution is -2.24. The molecule has 158 valence electrons. The Bertz CT molecular complexity index is 941. The van der Waals surface area contributed by atoms with Crippen LogP contribution in [-0.2, 0) is 17.1 Å². The highest BCUT2D eigenvalue weighted by molar-refractivity contribution is 8.03. The molecule has 30 heavy (non-hydrogen) atoms. The van der Waals surface area contributed by atoms with E-state index in [2.05, 4.69) is 53.6 Å². The van der Waals surface area contributed by atoms with Gasteiger partial charge in [-0.05, 0) is 34.7 Å². The van der Waals surface area contributed by atoms with Crippen molar-refractivity contribution in [2.24, 2.45) is 0 Å². The van der Waals surface area contributed by atoms with Crippen molar-refractivity contribution in [1.29, 1.82) is 0 Å². The maximum absolute atomic E-state index is 12.1. The molecule has 0 radical (unpaired) electrons. The fourth-order valence-corrected chi connectivity index (χ4v) is 5.39. The lowest BCUT2D eigenvalue weighted by molar-refractivity contribution is -0.118. The molecular weight excluding hydrogens is 434 g/mol. The van der Waals surface area contributed by atoms with Gasteiger partial charge in [-0.3, -0.25) is 4.79 Å². The summed E-state index contributed by atoms with van der Waals surface area (Å²) in [6.45, 7) is 4.89. The van der Waals surface area contributed by atoms with Crippen molar-refractivity contribution >= 4 is 40.8 Å². The van der Waals surface area contributed by atoms with E-state index in [1.165, 1.54) is 34.2 Å². The molecule has 1 amide bonds. The maximum Gasteiger partial charge on any atom is 0.230 e. The van der Waals surface area contributed by atoms with Crippen LogP contribution in [0.5, 0.6) is 5.75 Å². The topological polar surface area (TPSA) is 64.1 Å². The number of rotatable bonds is 10. The molecule has 0 unspecified atom stereocenters. The average Bonchev–Trinajstić information content (AvgIpc) is 3.23. The predicted molar refractivity (Wildman–Crippen MR) is 126 cm³/mol. The number of amides is 1. The average molecular weight is 460 g/mol. The molecule has 0 atom stereocenters. The minimum atomic E-state index is -0.0227. The summed E-state index contributed by atoms with van der Waals surface area (Å²) in [5.74, 6) is 2.51. The standard InChI is InChI=1S/C22H25N3O2S3/c1-15(2)18-8-4-17(5-9-18)13-28-21-24-25-22(30-21)29-14-20(26)23-12-16-6-10-19(27-3)11-7-16/h4-11,15H,12-14H2,1-3H3,(H,23,26). The number of aromatic nitrogens is 2. The molecule has 1 aromatic heterocycles. The van der Waals surface area contributed by atoms with Crippen LogP contribution < -0.4 is 10.1 Å². The lowest BCUT2D eigenvalue weighted by atomic mass is 10.0. The Kier molecular flexibility index (Phi) is 8.60. The molecular formula is C22H25N3O2S3. The van der Waals surface area contributed by atoms with Crippen molar-refractivity contribution in [1.82, 2.24) is 15.5 Å². The first-order valence-corrected chi connectivity index (χ1v) is 12.4. The van der Waals surface area contributed by atoms with Gasteiger partial charge in [0, 0.05) is 12.3 Å². The third kappa shape index (κ3) is 7.04. The number of hydrogen-bond donors (Lipinski definition) is 1. The summed E-state index contributed by atoms with van der Waals surface area (Å²) in [5.41, 5.74) is 3.65. The second-order valence-corrected chi connectivity index (χ2v) is 10.4. The van der Waals surface area contributed by atoms with Crippen LogP contribution in [0, 0.1) is 0 Å². The van der Waals surface area contributed by atoms with Crippen molar-refractivity contribution in [3.05, 3.63) is 65.2 Å². The van der Waals surface area contributed by atoms with Gasteiger partial charge in [-0.15, -0.1) is 10.2 Å². The van der Waals surface area contributed by atoms with Crippen molar-refractivity contribution < 1.29 is 9.53 Å². The highest BCUT2D eigenvalue weighted by Crippen LogP contribution is 2.31. The SMILES string of the molecule is COc1ccc(CNC(=O)CSc2nnc(SCc3ccc(C(C)C)cc3)s2)cc1. The van der Waals surface area contributed by atoms with Crippen molar-refractivity contribution in [3.63, 3.8) is 0 Å². The fourth-order valence-electron chi connectivity index (χ4n) is 2.58. The number of methoxy groups -OCH3 is 1. The predicted octanol–water partition coefficient (Wildman–Crippen LogP) is 5.37. The minimum Gasteiger partial charge on any atom is -0.497 e. The van der Waals surface area contributed by atoms with E-state index in [1.807, 2.05) is 24.3 Å². The van der Waals surface area contributed by atoms with Gasteiger partial charge in [0.05, 0.1) is 12.9 Å². The van der Waals surface area contributed by atoms with Crippen LogP contribution in [0.25, 0.3) is 0 Å². The van der Waals surface area contributed by atoms with Gasteiger partial charge in [-0.25, -0.2) is 0 Å². The number of carbonyl (C=O) groups is 1. The molecule has 8 heteroatoms. The van der Waals surface area contributed by atoms with Crippen LogP contribution in [-0.4, -0.2) is 29.0 Å². The van der Waals surface area contributed by atoms with Crippen molar-refractivity contribution in [2.45, 2.75) is 40.7 Å². The zero-order chi connectivity index (χ0) is 21.3. The summed E-state index contributed by atoms with van der Waals surface area (Å²) < 4.78 is 6.87. The van der Waals surface area contributed by atoms with E-state index in [0.29, 0.717) is 18.2 Å². The fraction of sp³-hybridized carbons (Fsp3) is 0.318. The van der Waals surface area contributed by atoms with Gasteiger partial charge in [-0.2, -0.15) is 0 Å². The summed E-state index contributed by atoms with van der Waals surface area (Å²) in [7, 11) is 1.63. The first-order valence-electron chi connectivity index (χ1n) is 9.61. The Morgan fingerprint density at radius 1 is 1.00 bits per heavy atom. The van der Waals surface area contributed by atoms with Crippen LogP contribution >= 0.6 is 34.9 Å². The first-order chi connectivity index (χ1) is 14.5. The zero-order valence-electron chi connectivity index (χ0n) is 17.3. The number of ether oxygens (including phenoxy) is 1. The van der Waals surface area contributed by atoms with Crippen molar-refractivity contribution in [3.8, 4) is 5.75 Å². The molecule has 5 nitrogen and oxygen atoms in total. The third-order valence-electron chi connectivity index (χ3n) is 4.37. The molecule has 0 saturated heterocycles. The van der Waals surface area contributed by atoms with E-state index in [9.17, 15) is 4.79 Å². The number of benzene rings is 2. The lowest BCUT2D eigenvalue weighted by Gasteiger charge is -2.06. The summed E-state index contributed by atoms with van der Waals surface area (Å²) in [5, 5.41) is 11.3. The van der Waals surface area contributed by atoms with E-state index in [4.69, 9.17) is 4.74 Å². The third-order valence-corrected chi connectivity index (χ3v) is 7.63. The number of nitrogens with one attached hydrogen (secondary N) is 1.